The zero-order valence-corrected chi connectivity index (χ0v) is 10.5. The lowest BCUT2D eigenvalue weighted by molar-refractivity contribution is 0.373. The monoisotopic (exact) mass is 230 g/mol. The molecule has 0 aliphatic rings. The van der Waals surface area contributed by atoms with Crippen LogP contribution in [0, 0.1) is 12.8 Å². The van der Waals surface area contributed by atoms with Crippen molar-refractivity contribution in [2.45, 2.75) is 27.3 Å². The van der Waals surface area contributed by atoms with Gasteiger partial charge in [-0.05, 0) is 18.4 Å². The molecule has 0 saturated heterocycles. The minimum atomic E-state index is 0.254. The fourth-order valence-corrected chi connectivity index (χ4v) is 1.87. The van der Waals surface area contributed by atoms with Crippen molar-refractivity contribution >= 4 is 0 Å². The topological polar surface area (TPSA) is 38.0 Å². The number of rotatable bonds is 3. The molecule has 0 spiro atoms. The lowest BCUT2D eigenvalue weighted by Gasteiger charge is -2.06. The van der Waals surface area contributed by atoms with E-state index in [2.05, 4.69) is 25.0 Å². The molecule has 2 aromatic rings. The highest BCUT2D eigenvalue weighted by molar-refractivity contribution is 5.68. The Morgan fingerprint density at radius 3 is 2.76 bits per heavy atom. The molecular formula is C14H18N2O. The molecule has 1 heterocycles. The van der Waals surface area contributed by atoms with Crippen molar-refractivity contribution < 1.29 is 5.11 Å². The SMILES string of the molecule is Cc1cccc(-c2cnn(CC(C)C)c2O)c1. The van der Waals surface area contributed by atoms with Gasteiger partial charge in [0.25, 0.3) is 0 Å². The van der Waals surface area contributed by atoms with Crippen LogP contribution < -0.4 is 0 Å². The van der Waals surface area contributed by atoms with Gasteiger partial charge >= 0.3 is 0 Å². The zero-order chi connectivity index (χ0) is 12.4. The van der Waals surface area contributed by atoms with E-state index in [1.54, 1.807) is 10.9 Å². The fraction of sp³-hybridized carbons (Fsp3) is 0.357. The molecule has 90 valence electrons. The van der Waals surface area contributed by atoms with Gasteiger partial charge in [-0.1, -0.05) is 43.7 Å². The van der Waals surface area contributed by atoms with E-state index in [9.17, 15) is 5.11 Å². The first-order valence-electron chi connectivity index (χ1n) is 5.89. The maximum Gasteiger partial charge on any atom is 0.217 e. The summed E-state index contributed by atoms with van der Waals surface area (Å²) in [5.41, 5.74) is 2.99. The molecule has 0 aliphatic carbocycles. The van der Waals surface area contributed by atoms with Crippen LogP contribution in [0.5, 0.6) is 5.88 Å². The molecule has 0 amide bonds. The quantitative estimate of drug-likeness (QED) is 0.879. The van der Waals surface area contributed by atoms with Crippen molar-refractivity contribution in [3.8, 4) is 17.0 Å². The van der Waals surface area contributed by atoms with Gasteiger partial charge in [0.1, 0.15) is 0 Å². The van der Waals surface area contributed by atoms with Crippen LogP contribution >= 0.6 is 0 Å². The zero-order valence-electron chi connectivity index (χ0n) is 10.5. The summed E-state index contributed by atoms with van der Waals surface area (Å²) in [5.74, 6) is 0.718. The van der Waals surface area contributed by atoms with Crippen molar-refractivity contribution in [2.75, 3.05) is 0 Å². The molecule has 17 heavy (non-hydrogen) atoms. The molecule has 0 radical (unpaired) electrons. The molecule has 0 aliphatic heterocycles. The summed E-state index contributed by atoms with van der Waals surface area (Å²) in [4.78, 5) is 0. The van der Waals surface area contributed by atoms with Crippen LogP contribution in [-0.2, 0) is 6.54 Å². The van der Waals surface area contributed by atoms with E-state index >= 15 is 0 Å². The minimum absolute atomic E-state index is 0.254. The number of benzene rings is 1. The second-order valence-corrected chi connectivity index (χ2v) is 4.83. The molecular weight excluding hydrogens is 212 g/mol. The molecule has 0 saturated carbocycles. The molecule has 0 atom stereocenters. The van der Waals surface area contributed by atoms with Crippen LogP contribution in [0.2, 0.25) is 0 Å². The van der Waals surface area contributed by atoms with Gasteiger partial charge in [0.2, 0.25) is 5.88 Å². The summed E-state index contributed by atoms with van der Waals surface area (Å²) in [6.45, 7) is 6.98. The Labute approximate surface area is 102 Å². The van der Waals surface area contributed by atoms with Gasteiger partial charge in [-0.3, -0.25) is 0 Å². The molecule has 1 aromatic carbocycles. The van der Waals surface area contributed by atoms with E-state index in [0.29, 0.717) is 5.92 Å². The predicted molar refractivity (Wildman–Crippen MR) is 68.9 cm³/mol. The Hall–Kier alpha value is -1.77. The van der Waals surface area contributed by atoms with Crippen molar-refractivity contribution in [1.29, 1.82) is 0 Å². The van der Waals surface area contributed by atoms with Crippen molar-refractivity contribution in [3.63, 3.8) is 0 Å². The highest BCUT2D eigenvalue weighted by Crippen LogP contribution is 2.29. The third-order valence-corrected chi connectivity index (χ3v) is 2.68. The Balaban J connectivity index is 2.37. The van der Waals surface area contributed by atoms with Gasteiger partial charge < -0.3 is 5.11 Å². The minimum Gasteiger partial charge on any atom is -0.493 e. The number of hydrogen-bond acceptors (Lipinski definition) is 2. The number of aromatic nitrogens is 2. The normalized spacial score (nSPS) is 11.1. The van der Waals surface area contributed by atoms with E-state index in [1.165, 1.54) is 5.56 Å². The maximum atomic E-state index is 10.1. The molecule has 1 N–H and O–H groups in total. The van der Waals surface area contributed by atoms with E-state index in [-0.39, 0.29) is 5.88 Å². The van der Waals surface area contributed by atoms with Crippen LogP contribution in [0.1, 0.15) is 19.4 Å². The van der Waals surface area contributed by atoms with Crippen LogP contribution in [0.15, 0.2) is 30.5 Å². The van der Waals surface area contributed by atoms with E-state index in [1.807, 2.05) is 25.1 Å². The molecule has 0 unspecified atom stereocenters. The molecule has 2 rings (SSSR count). The summed E-state index contributed by atoms with van der Waals surface area (Å²) >= 11 is 0. The molecule has 0 bridgehead atoms. The first kappa shape index (κ1) is 11.7. The Morgan fingerprint density at radius 1 is 1.35 bits per heavy atom. The summed E-state index contributed by atoms with van der Waals surface area (Å²) in [7, 11) is 0. The lowest BCUT2D eigenvalue weighted by Crippen LogP contribution is -2.05. The van der Waals surface area contributed by atoms with Crippen LogP contribution in [-0.4, -0.2) is 14.9 Å². The van der Waals surface area contributed by atoms with Crippen molar-refractivity contribution in [3.05, 3.63) is 36.0 Å². The Kier molecular flexibility index (Phi) is 3.18. The van der Waals surface area contributed by atoms with Crippen molar-refractivity contribution in [2.24, 2.45) is 5.92 Å². The third-order valence-electron chi connectivity index (χ3n) is 2.68. The Morgan fingerprint density at radius 2 is 2.12 bits per heavy atom. The van der Waals surface area contributed by atoms with Gasteiger partial charge in [0, 0.05) is 6.54 Å². The largest absolute Gasteiger partial charge is 0.493 e. The van der Waals surface area contributed by atoms with E-state index < -0.39 is 0 Å². The standard InChI is InChI=1S/C14H18N2O/c1-10(2)9-16-14(17)13(8-15-16)12-6-4-5-11(3)7-12/h4-8,10,17H,9H2,1-3H3. The second-order valence-electron chi connectivity index (χ2n) is 4.83. The highest BCUT2D eigenvalue weighted by Gasteiger charge is 2.12. The van der Waals surface area contributed by atoms with Gasteiger partial charge in [-0.25, -0.2) is 4.68 Å². The maximum absolute atomic E-state index is 10.1. The average Bonchev–Trinajstić information content (AvgIpc) is 2.60. The smallest absolute Gasteiger partial charge is 0.217 e. The molecule has 3 heteroatoms. The summed E-state index contributed by atoms with van der Waals surface area (Å²) in [6, 6.07) is 8.07. The lowest BCUT2D eigenvalue weighted by atomic mass is 10.1. The van der Waals surface area contributed by atoms with Crippen LogP contribution in [0.4, 0.5) is 0 Å². The van der Waals surface area contributed by atoms with E-state index in [0.717, 1.165) is 17.7 Å². The van der Waals surface area contributed by atoms with Crippen molar-refractivity contribution in [1.82, 2.24) is 9.78 Å². The van der Waals surface area contributed by atoms with Crippen LogP contribution in [0.3, 0.4) is 0 Å². The number of nitrogens with zero attached hydrogens (tertiary/aromatic N) is 2. The number of aryl methyl sites for hydroxylation is 1. The first-order valence-corrected chi connectivity index (χ1v) is 5.89. The fourth-order valence-electron chi connectivity index (χ4n) is 1.87. The highest BCUT2D eigenvalue weighted by atomic mass is 16.3. The molecule has 3 nitrogen and oxygen atoms in total. The number of aromatic hydroxyl groups is 1. The summed E-state index contributed by atoms with van der Waals surface area (Å²) in [6.07, 6.45) is 1.73. The van der Waals surface area contributed by atoms with Gasteiger partial charge in [0.05, 0.1) is 11.8 Å². The number of hydrogen-bond donors (Lipinski definition) is 1. The second kappa shape index (κ2) is 4.62. The molecule has 0 fully saturated rings. The van der Waals surface area contributed by atoms with E-state index in [4.69, 9.17) is 0 Å². The van der Waals surface area contributed by atoms with Gasteiger partial charge in [0.15, 0.2) is 0 Å². The molecule has 1 aromatic heterocycles. The Bertz CT molecular complexity index is 515. The summed E-state index contributed by atoms with van der Waals surface area (Å²) < 4.78 is 1.66. The summed E-state index contributed by atoms with van der Waals surface area (Å²) in [5, 5.41) is 14.4. The van der Waals surface area contributed by atoms with Gasteiger partial charge in [-0.2, -0.15) is 5.10 Å². The predicted octanol–water partition coefficient (Wildman–Crippen LogP) is 3.22. The average molecular weight is 230 g/mol. The van der Waals surface area contributed by atoms with Crippen LogP contribution in [0.25, 0.3) is 11.1 Å². The third kappa shape index (κ3) is 2.49. The first-order chi connectivity index (χ1) is 8.08. The van der Waals surface area contributed by atoms with Gasteiger partial charge in [-0.15, -0.1) is 0 Å².